The van der Waals surface area contributed by atoms with Gasteiger partial charge in [0.15, 0.2) is 0 Å². The lowest BCUT2D eigenvalue weighted by molar-refractivity contribution is 0.0532. The number of rotatable bonds is 6. The summed E-state index contributed by atoms with van der Waals surface area (Å²) in [5, 5.41) is 24.0. The summed E-state index contributed by atoms with van der Waals surface area (Å²) in [5.41, 5.74) is 4.29. The number of hydrogen-bond donors (Lipinski definition) is 3. The molecule has 3 N–H and O–H groups in total. The third-order valence-corrected chi connectivity index (χ3v) is 6.44. The lowest BCUT2D eigenvalue weighted by Gasteiger charge is -2.11. The van der Waals surface area contributed by atoms with Crippen molar-refractivity contribution in [1.82, 2.24) is 9.99 Å². The maximum absolute atomic E-state index is 12.9. The number of aromatic hydroxyl groups is 2. The molecule has 0 fully saturated rings. The number of thiazole rings is 1. The van der Waals surface area contributed by atoms with Gasteiger partial charge in [0.05, 0.1) is 17.9 Å². The number of carbonyl (C=O) groups excluding carboxylic acids is 2. The molecular formula is C25H20BrN3O5S. The fraction of sp³-hybridized carbons (Fsp3) is 0.0800. The largest absolute Gasteiger partial charge is 0.508 e. The minimum Gasteiger partial charge on any atom is -0.508 e. The van der Waals surface area contributed by atoms with Crippen molar-refractivity contribution in [2.75, 3.05) is 6.61 Å². The molecule has 0 radical (unpaired) electrons. The molecule has 1 heterocycles. The number of carbonyl (C=O) groups is 2. The summed E-state index contributed by atoms with van der Waals surface area (Å²) >= 11 is 4.49. The maximum atomic E-state index is 12.9. The number of phenolic OH excluding ortho intramolecular Hbond substituents is 2. The van der Waals surface area contributed by atoms with Crippen LogP contribution in [0.4, 0.5) is 0 Å². The monoisotopic (exact) mass is 553 g/mol. The number of aromatic nitrogens is 1. The number of amides is 1. The Morgan fingerprint density at radius 2 is 1.77 bits per heavy atom. The number of nitrogens with one attached hydrogen (secondary N) is 1. The molecule has 4 aromatic rings. The standard InChI is InChI=1S/C25H20BrN3O5S/c1-2-34-24(33)22-21(15-6-4-3-5-7-15)29(17-10-8-16(26)9-11-17)25(35-22)28-27-23(32)19-14-18(30)12-13-20(19)31/h3-14,30-31H,2H2,1H3,(H,27,32)/b28-25+. The quantitative estimate of drug-likeness (QED) is 0.180. The number of halogens is 1. The van der Waals surface area contributed by atoms with Gasteiger partial charge in [-0.15, -0.1) is 5.10 Å². The summed E-state index contributed by atoms with van der Waals surface area (Å²) in [6.45, 7) is 1.92. The molecule has 0 aliphatic carbocycles. The molecule has 8 nitrogen and oxygen atoms in total. The maximum Gasteiger partial charge on any atom is 0.350 e. The van der Waals surface area contributed by atoms with E-state index < -0.39 is 11.9 Å². The van der Waals surface area contributed by atoms with Crippen molar-refractivity contribution in [3.8, 4) is 28.4 Å². The Kier molecular flexibility index (Phi) is 7.33. The number of phenols is 2. The van der Waals surface area contributed by atoms with Gasteiger partial charge in [-0.2, -0.15) is 0 Å². The number of benzene rings is 3. The van der Waals surface area contributed by atoms with Crippen LogP contribution in [0, 0.1) is 0 Å². The van der Waals surface area contributed by atoms with Crippen molar-refractivity contribution in [1.29, 1.82) is 0 Å². The van der Waals surface area contributed by atoms with Gasteiger partial charge < -0.3 is 14.9 Å². The topological polar surface area (TPSA) is 113 Å². The predicted octanol–water partition coefficient (Wildman–Crippen LogP) is 4.80. The Bertz CT molecular complexity index is 1450. The molecular weight excluding hydrogens is 534 g/mol. The smallest absolute Gasteiger partial charge is 0.350 e. The second-order valence-electron chi connectivity index (χ2n) is 7.21. The summed E-state index contributed by atoms with van der Waals surface area (Å²) in [5.74, 6) is -1.72. The minimum atomic E-state index is -0.729. The highest BCUT2D eigenvalue weighted by Crippen LogP contribution is 2.30. The zero-order valence-corrected chi connectivity index (χ0v) is 20.8. The van der Waals surface area contributed by atoms with Crippen LogP contribution >= 0.6 is 27.3 Å². The molecule has 1 amide bonds. The molecule has 0 spiro atoms. The molecule has 0 saturated heterocycles. The van der Waals surface area contributed by atoms with Gasteiger partial charge in [0.25, 0.3) is 5.91 Å². The zero-order chi connectivity index (χ0) is 24.9. The molecule has 0 aliphatic rings. The van der Waals surface area contributed by atoms with Crippen molar-refractivity contribution in [3.05, 3.63) is 92.5 Å². The highest BCUT2D eigenvalue weighted by atomic mass is 79.9. The first-order valence-electron chi connectivity index (χ1n) is 10.5. The first-order chi connectivity index (χ1) is 16.9. The SMILES string of the molecule is CCOC(=O)c1s/c(=N/NC(=O)c2cc(O)ccc2O)n(-c2ccc(Br)cc2)c1-c1ccccc1. The zero-order valence-electron chi connectivity index (χ0n) is 18.4. The van der Waals surface area contributed by atoms with Crippen molar-refractivity contribution >= 4 is 39.1 Å². The summed E-state index contributed by atoms with van der Waals surface area (Å²) in [6.07, 6.45) is 0. The molecule has 35 heavy (non-hydrogen) atoms. The van der Waals surface area contributed by atoms with E-state index in [2.05, 4.69) is 26.5 Å². The average Bonchev–Trinajstić information content (AvgIpc) is 3.25. The number of ether oxygens (including phenoxy) is 1. The summed E-state index contributed by atoms with van der Waals surface area (Å²) in [7, 11) is 0. The van der Waals surface area contributed by atoms with Crippen molar-refractivity contribution in [2.24, 2.45) is 5.10 Å². The van der Waals surface area contributed by atoms with Gasteiger partial charge in [-0.05, 0) is 49.4 Å². The van der Waals surface area contributed by atoms with Gasteiger partial charge in [0.2, 0.25) is 4.80 Å². The molecule has 4 rings (SSSR count). The van der Waals surface area contributed by atoms with E-state index in [1.54, 1.807) is 11.5 Å². The molecule has 0 atom stereocenters. The van der Waals surface area contributed by atoms with Crippen molar-refractivity contribution < 1.29 is 24.5 Å². The van der Waals surface area contributed by atoms with E-state index in [-0.39, 0.29) is 23.7 Å². The molecule has 3 aromatic carbocycles. The van der Waals surface area contributed by atoms with Crippen LogP contribution in [-0.4, -0.2) is 33.3 Å². The van der Waals surface area contributed by atoms with Crippen LogP contribution in [0.2, 0.25) is 0 Å². The second kappa shape index (κ2) is 10.6. The van der Waals surface area contributed by atoms with Crippen LogP contribution in [0.15, 0.2) is 82.4 Å². The molecule has 1 aromatic heterocycles. The van der Waals surface area contributed by atoms with Crippen LogP contribution in [-0.2, 0) is 4.74 Å². The Hall–Kier alpha value is -3.89. The highest BCUT2D eigenvalue weighted by Gasteiger charge is 2.23. The lowest BCUT2D eigenvalue weighted by Crippen LogP contribution is -2.24. The fourth-order valence-corrected chi connectivity index (χ4v) is 4.62. The predicted molar refractivity (Wildman–Crippen MR) is 136 cm³/mol. The normalized spacial score (nSPS) is 11.3. The number of esters is 1. The summed E-state index contributed by atoms with van der Waals surface area (Å²) < 4.78 is 7.92. The lowest BCUT2D eigenvalue weighted by atomic mass is 10.1. The van der Waals surface area contributed by atoms with Gasteiger partial charge in [0, 0.05) is 15.7 Å². The Labute approximate surface area is 212 Å². The molecule has 178 valence electrons. The van der Waals surface area contributed by atoms with Crippen molar-refractivity contribution in [3.63, 3.8) is 0 Å². The van der Waals surface area contributed by atoms with Crippen molar-refractivity contribution in [2.45, 2.75) is 6.92 Å². The first kappa shape index (κ1) is 24.2. The van der Waals surface area contributed by atoms with E-state index in [1.165, 1.54) is 12.1 Å². The van der Waals surface area contributed by atoms with Crippen LogP contribution in [0.3, 0.4) is 0 Å². The van der Waals surface area contributed by atoms with Gasteiger partial charge in [-0.25, -0.2) is 10.2 Å². The van der Waals surface area contributed by atoms with Gasteiger partial charge in [-0.3, -0.25) is 9.36 Å². The Balaban J connectivity index is 1.92. The van der Waals surface area contributed by atoms with E-state index in [9.17, 15) is 19.8 Å². The van der Waals surface area contributed by atoms with Gasteiger partial charge in [-0.1, -0.05) is 57.6 Å². The Morgan fingerprint density at radius 3 is 2.46 bits per heavy atom. The molecule has 0 aliphatic heterocycles. The highest BCUT2D eigenvalue weighted by molar-refractivity contribution is 9.10. The van der Waals surface area contributed by atoms with Crippen LogP contribution in [0.25, 0.3) is 16.9 Å². The minimum absolute atomic E-state index is 0.144. The third kappa shape index (κ3) is 5.28. The van der Waals surface area contributed by atoms with Gasteiger partial charge >= 0.3 is 5.97 Å². The van der Waals surface area contributed by atoms with E-state index in [4.69, 9.17) is 4.74 Å². The van der Waals surface area contributed by atoms with E-state index in [0.29, 0.717) is 21.1 Å². The fourth-order valence-electron chi connectivity index (χ4n) is 3.34. The number of hydrogen-bond acceptors (Lipinski definition) is 7. The average molecular weight is 554 g/mol. The molecule has 10 heteroatoms. The molecule has 0 saturated carbocycles. The van der Waals surface area contributed by atoms with E-state index in [0.717, 1.165) is 27.4 Å². The van der Waals surface area contributed by atoms with Crippen LogP contribution in [0.1, 0.15) is 27.0 Å². The van der Waals surface area contributed by atoms with E-state index in [1.807, 2.05) is 54.6 Å². The number of nitrogens with zero attached hydrogens (tertiary/aromatic N) is 2. The Morgan fingerprint density at radius 1 is 1.06 bits per heavy atom. The first-order valence-corrected chi connectivity index (χ1v) is 12.1. The summed E-state index contributed by atoms with van der Waals surface area (Å²) in [4.78, 5) is 26.2. The second-order valence-corrected chi connectivity index (χ2v) is 9.11. The van der Waals surface area contributed by atoms with Crippen LogP contribution in [0.5, 0.6) is 11.5 Å². The van der Waals surface area contributed by atoms with Crippen LogP contribution < -0.4 is 10.2 Å². The third-order valence-electron chi connectivity index (χ3n) is 4.89. The summed E-state index contributed by atoms with van der Waals surface area (Å²) in [6, 6.07) is 20.3. The van der Waals surface area contributed by atoms with Gasteiger partial charge in [0.1, 0.15) is 16.4 Å². The molecule has 0 unspecified atom stereocenters. The van der Waals surface area contributed by atoms with E-state index >= 15 is 0 Å². The molecule has 0 bridgehead atoms.